The third-order valence-electron chi connectivity index (χ3n) is 5.72. The fraction of sp³-hybridized carbons (Fsp3) is 0.138. The first-order valence-corrected chi connectivity index (χ1v) is 12.9. The summed E-state index contributed by atoms with van der Waals surface area (Å²) in [6.07, 6.45) is 0. The third-order valence-corrected chi connectivity index (χ3v) is 7.05. The molecular weight excluding hydrogens is 506 g/mol. The standard InChI is InChI=1S/C29H24ClN3O3S/c1-19-26(28(35)33-21-12-6-3-7-13-21)27(22-14-8-9-15-24(22)30)23(16-31)29(32-19)37-18-25(34)36-17-20-10-4-2-5-11-20/h2-15,27,32H,17-18H2,1H3,(H,33,35)/t27-/m0/s1. The molecule has 1 amide bonds. The molecule has 0 spiro atoms. The molecule has 0 aromatic heterocycles. The van der Waals surface area contributed by atoms with E-state index in [0.29, 0.717) is 38.1 Å². The van der Waals surface area contributed by atoms with E-state index in [1.807, 2.05) is 54.6 Å². The number of carbonyl (C=O) groups excluding carboxylic acids is 2. The third kappa shape index (κ3) is 6.42. The van der Waals surface area contributed by atoms with Gasteiger partial charge in [-0.25, -0.2) is 0 Å². The summed E-state index contributed by atoms with van der Waals surface area (Å²) in [5.74, 6) is -1.48. The number of amides is 1. The van der Waals surface area contributed by atoms with Crippen molar-refractivity contribution < 1.29 is 14.3 Å². The highest BCUT2D eigenvalue weighted by molar-refractivity contribution is 8.03. The Morgan fingerprint density at radius 1 is 1.03 bits per heavy atom. The molecule has 8 heteroatoms. The van der Waals surface area contributed by atoms with Crippen molar-refractivity contribution in [3.8, 4) is 6.07 Å². The number of nitriles is 1. The maximum Gasteiger partial charge on any atom is 0.316 e. The molecule has 3 aromatic carbocycles. The first kappa shape index (κ1) is 26.1. The predicted octanol–water partition coefficient (Wildman–Crippen LogP) is 6.15. The summed E-state index contributed by atoms with van der Waals surface area (Å²) in [5.41, 5.74) is 3.40. The summed E-state index contributed by atoms with van der Waals surface area (Å²) < 4.78 is 5.38. The number of esters is 1. The lowest BCUT2D eigenvalue weighted by atomic mass is 9.82. The number of allylic oxidation sites excluding steroid dienone is 2. The van der Waals surface area contributed by atoms with Crippen LogP contribution in [0.2, 0.25) is 5.02 Å². The molecule has 3 aromatic rings. The number of rotatable bonds is 8. The van der Waals surface area contributed by atoms with E-state index in [9.17, 15) is 14.9 Å². The number of nitrogens with zero attached hydrogens (tertiary/aromatic N) is 1. The van der Waals surface area contributed by atoms with Gasteiger partial charge in [0, 0.05) is 22.0 Å². The van der Waals surface area contributed by atoms with E-state index in [0.717, 1.165) is 17.3 Å². The van der Waals surface area contributed by atoms with Crippen molar-refractivity contribution in [2.75, 3.05) is 11.1 Å². The maximum absolute atomic E-state index is 13.5. The maximum atomic E-state index is 13.5. The molecule has 0 fully saturated rings. The van der Waals surface area contributed by atoms with Crippen molar-refractivity contribution in [3.63, 3.8) is 0 Å². The Morgan fingerprint density at radius 2 is 1.68 bits per heavy atom. The second-order valence-corrected chi connectivity index (χ2v) is 9.62. The zero-order valence-corrected chi connectivity index (χ0v) is 21.6. The van der Waals surface area contributed by atoms with Crippen molar-refractivity contribution in [2.24, 2.45) is 0 Å². The molecule has 6 nitrogen and oxygen atoms in total. The topological polar surface area (TPSA) is 91.2 Å². The van der Waals surface area contributed by atoms with E-state index in [1.54, 1.807) is 37.3 Å². The van der Waals surface area contributed by atoms with Crippen molar-refractivity contribution >= 4 is 40.9 Å². The Hall–Kier alpha value is -3.99. The van der Waals surface area contributed by atoms with E-state index < -0.39 is 11.9 Å². The summed E-state index contributed by atoms with van der Waals surface area (Å²) >= 11 is 7.71. The largest absolute Gasteiger partial charge is 0.460 e. The van der Waals surface area contributed by atoms with E-state index >= 15 is 0 Å². The molecule has 1 atom stereocenters. The lowest BCUT2D eigenvalue weighted by molar-refractivity contribution is -0.141. The van der Waals surface area contributed by atoms with Crippen LogP contribution in [0, 0.1) is 11.3 Å². The van der Waals surface area contributed by atoms with Gasteiger partial charge in [-0.1, -0.05) is 90.1 Å². The van der Waals surface area contributed by atoms with E-state index in [1.165, 1.54) is 0 Å². The average Bonchev–Trinajstić information content (AvgIpc) is 2.91. The number of anilines is 1. The molecule has 2 N–H and O–H groups in total. The molecular formula is C29H24ClN3O3S. The van der Waals surface area contributed by atoms with Gasteiger partial charge >= 0.3 is 5.97 Å². The van der Waals surface area contributed by atoms with Crippen LogP contribution in [0.15, 0.2) is 107 Å². The molecule has 186 valence electrons. The van der Waals surface area contributed by atoms with Gasteiger partial charge in [0.15, 0.2) is 0 Å². The van der Waals surface area contributed by atoms with E-state index in [2.05, 4.69) is 16.7 Å². The van der Waals surface area contributed by atoms with Crippen molar-refractivity contribution in [1.82, 2.24) is 5.32 Å². The first-order chi connectivity index (χ1) is 18.0. The highest BCUT2D eigenvalue weighted by atomic mass is 35.5. The second kappa shape index (κ2) is 12.3. The Bertz CT molecular complexity index is 1400. The summed E-state index contributed by atoms with van der Waals surface area (Å²) in [6, 6.07) is 27.9. The van der Waals surface area contributed by atoms with Gasteiger partial charge in [0.05, 0.1) is 28.3 Å². The van der Waals surface area contributed by atoms with Crippen LogP contribution < -0.4 is 10.6 Å². The number of halogens is 1. The van der Waals surface area contributed by atoms with Crippen molar-refractivity contribution in [1.29, 1.82) is 5.26 Å². The van der Waals surface area contributed by atoms with Gasteiger partial charge in [0.25, 0.3) is 5.91 Å². The van der Waals surface area contributed by atoms with Gasteiger partial charge in [-0.2, -0.15) is 5.26 Å². The van der Waals surface area contributed by atoms with Gasteiger partial charge < -0.3 is 15.4 Å². The highest BCUT2D eigenvalue weighted by Crippen LogP contribution is 2.43. The number of carbonyl (C=O) groups is 2. The van der Waals surface area contributed by atoms with E-state index in [-0.39, 0.29) is 18.3 Å². The van der Waals surface area contributed by atoms with Crippen LogP contribution in [0.25, 0.3) is 0 Å². The molecule has 1 aliphatic rings. The van der Waals surface area contributed by atoms with Gasteiger partial charge in [0.1, 0.15) is 6.61 Å². The first-order valence-electron chi connectivity index (χ1n) is 11.5. The van der Waals surface area contributed by atoms with Crippen LogP contribution >= 0.6 is 23.4 Å². The van der Waals surface area contributed by atoms with Crippen LogP contribution in [0.3, 0.4) is 0 Å². The Morgan fingerprint density at radius 3 is 2.35 bits per heavy atom. The fourth-order valence-corrected chi connectivity index (χ4v) is 5.11. The monoisotopic (exact) mass is 529 g/mol. The number of para-hydroxylation sites is 1. The van der Waals surface area contributed by atoms with Crippen LogP contribution in [-0.2, 0) is 20.9 Å². The Kier molecular flexibility index (Phi) is 8.68. The summed E-state index contributed by atoms with van der Waals surface area (Å²) in [5, 5.41) is 17.2. The molecule has 0 aliphatic carbocycles. The number of nitrogens with one attached hydrogen (secondary N) is 2. The van der Waals surface area contributed by atoms with Crippen LogP contribution in [0.4, 0.5) is 5.69 Å². The Labute approximate surface area is 225 Å². The molecule has 0 bridgehead atoms. The number of dihydropyridines is 1. The molecule has 0 saturated heterocycles. The van der Waals surface area contributed by atoms with Crippen molar-refractivity contribution in [3.05, 3.63) is 123 Å². The molecule has 4 rings (SSSR count). The lowest BCUT2D eigenvalue weighted by Gasteiger charge is -2.30. The zero-order valence-electron chi connectivity index (χ0n) is 20.0. The summed E-state index contributed by atoms with van der Waals surface area (Å²) in [4.78, 5) is 25.9. The quantitative estimate of drug-likeness (QED) is 0.340. The molecule has 37 heavy (non-hydrogen) atoms. The van der Waals surface area contributed by atoms with E-state index in [4.69, 9.17) is 16.3 Å². The SMILES string of the molecule is CC1=C(C(=O)Nc2ccccc2)[C@@H](c2ccccc2Cl)C(C#N)=C(SCC(=O)OCc2ccccc2)N1. The average molecular weight is 530 g/mol. The van der Waals surface area contributed by atoms with Crippen LogP contribution in [-0.4, -0.2) is 17.6 Å². The van der Waals surface area contributed by atoms with Crippen molar-refractivity contribution in [2.45, 2.75) is 19.4 Å². The van der Waals surface area contributed by atoms with Gasteiger partial charge in [-0.05, 0) is 36.2 Å². The smallest absolute Gasteiger partial charge is 0.316 e. The fourth-order valence-electron chi connectivity index (χ4n) is 3.98. The number of ether oxygens (including phenoxy) is 1. The minimum Gasteiger partial charge on any atom is -0.460 e. The minimum atomic E-state index is -0.716. The highest BCUT2D eigenvalue weighted by Gasteiger charge is 2.36. The zero-order chi connectivity index (χ0) is 26.2. The molecule has 0 saturated carbocycles. The summed E-state index contributed by atoms with van der Waals surface area (Å²) in [7, 11) is 0. The Balaban J connectivity index is 1.60. The number of thioether (sulfide) groups is 1. The number of benzene rings is 3. The normalized spacial score (nSPS) is 15.0. The molecule has 1 heterocycles. The van der Waals surface area contributed by atoms with Gasteiger partial charge in [0.2, 0.25) is 0 Å². The molecule has 1 aliphatic heterocycles. The van der Waals surface area contributed by atoms with Crippen LogP contribution in [0.5, 0.6) is 0 Å². The van der Waals surface area contributed by atoms with Crippen LogP contribution in [0.1, 0.15) is 24.0 Å². The summed E-state index contributed by atoms with van der Waals surface area (Å²) in [6.45, 7) is 1.94. The molecule has 0 radical (unpaired) electrons. The second-order valence-electron chi connectivity index (χ2n) is 8.23. The van der Waals surface area contributed by atoms with Gasteiger partial charge in [-0.3, -0.25) is 9.59 Å². The lowest BCUT2D eigenvalue weighted by Crippen LogP contribution is -2.31. The molecule has 0 unspecified atom stereocenters. The minimum absolute atomic E-state index is 0.00554. The number of hydrogen-bond acceptors (Lipinski definition) is 6. The van der Waals surface area contributed by atoms with Gasteiger partial charge in [-0.15, -0.1) is 0 Å². The number of hydrogen-bond donors (Lipinski definition) is 2. The predicted molar refractivity (Wildman–Crippen MR) is 146 cm³/mol.